The second-order valence-electron chi connectivity index (χ2n) is 7.30. The first-order valence-electron chi connectivity index (χ1n) is 10.5. The van der Waals surface area contributed by atoms with Crippen molar-refractivity contribution in [3.05, 3.63) is 45.9 Å². The lowest BCUT2D eigenvalue weighted by Gasteiger charge is -2.27. The fourth-order valence-electron chi connectivity index (χ4n) is 3.66. The van der Waals surface area contributed by atoms with Gasteiger partial charge in [0.2, 0.25) is 0 Å². The number of rotatable bonds is 9. The molecule has 0 saturated carbocycles. The van der Waals surface area contributed by atoms with E-state index in [-0.39, 0.29) is 6.04 Å². The number of nitrogens with zero attached hydrogens (tertiary/aromatic N) is 3. The molecule has 0 amide bonds. The molecule has 0 bridgehead atoms. The molecule has 1 aliphatic heterocycles. The van der Waals surface area contributed by atoms with Crippen molar-refractivity contribution in [1.82, 2.24) is 20.5 Å². The molecule has 158 valence electrons. The van der Waals surface area contributed by atoms with Crippen LogP contribution in [0.5, 0.6) is 5.75 Å². The normalized spacial score (nSPS) is 16.0. The third-order valence-corrected chi connectivity index (χ3v) is 6.10. The molecule has 2 aromatic rings. The number of benzene rings is 1. The topological polar surface area (TPSA) is 61.8 Å². The first-order valence-corrected chi connectivity index (χ1v) is 11.3. The fraction of sp³-hybridized carbons (Fsp3) is 0.545. The highest BCUT2D eigenvalue weighted by Gasteiger charge is 2.23. The minimum atomic E-state index is 0.268. The van der Waals surface area contributed by atoms with Crippen molar-refractivity contribution in [2.75, 3.05) is 39.8 Å². The van der Waals surface area contributed by atoms with E-state index in [1.807, 2.05) is 12.3 Å². The molecule has 1 atom stereocenters. The summed E-state index contributed by atoms with van der Waals surface area (Å²) in [5.41, 5.74) is 1.27. The maximum absolute atomic E-state index is 5.44. The summed E-state index contributed by atoms with van der Waals surface area (Å²) in [6, 6.07) is 8.67. The second-order valence-corrected chi connectivity index (χ2v) is 8.62. The molecule has 1 aromatic heterocycles. The predicted octanol–water partition coefficient (Wildman–Crippen LogP) is 3.39. The largest absolute Gasteiger partial charge is 0.497 e. The number of aliphatic imine (C=N–C) groups is 1. The SMILES string of the molecule is CCNC(=NCC(c1cccc(OC)c1)N1CCCC1)NCCc1ncc(C)s1. The maximum Gasteiger partial charge on any atom is 0.191 e. The van der Waals surface area contributed by atoms with Gasteiger partial charge in [0.25, 0.3) is 0 Å². The quantitative estimate of drug-likeness (QED) is 0.486. The van der Waals surface area contributed by atoms with Crippen LogP contribution in [0.1, 0.15) is 41.3 Å². The number of thiazole rings is 1. The Hall–Kier alpha value is -2.12. The van der Waals surface area contributed by atoms with Crippen molar-refractivity contribution in [2.24, 2.45) is 4.99 Å². The van der Waals surface area contributed by atoms with Crippen molar-refractivity contribution in [2.45, 2.75) is 39.2 Å². The number of ether oxygens (including phenoxy) is 1. The third-order valence-electron chi connectivity index (χ3n) is 5.13. The molecule has 3 rings (SSSR count). The molecule has 6 nitrogen and oxygen atoms in total. The van der Waals surface area contributed by atoms with Crippen LogP contribution in [0.3, 0.4) is 0 Å². The summed E-state index contributed by atoms with van der Waals surface area (Å²) in [7, 11) is 1.72. The molecule has 7 heteroatoms. The molecule has 2 heterocycles. The summed E-state index contributed by atoms with van der Waals surface area (Å²) in [6.45, 7) is 8.84. The Morgan fingerprint density at radius 2 is 2.14 bits per heavy atom. The summed E-state index contributed by atoms with van der Waals surface area (Å²) < 4.78 is 5.44. The van der Waals surface area contributed by atoms with Crippen molar-refractivity contribution in [1.29, 1.82) is 0 Å². The number of aryl methyl sites for hydroxylation is 1. The van der Waals surface area contributed by atoms with Crippen molar-refractivity contribution in [3.8, 4) is 5.75 Å². The summed E-state index contributed by atoms with van der Waals surface area (Å²) in [6.07, 6.45) is 5.37. The van der Waals surface area contributed by atoms with Gasteiger partial charge >= 0.3 is 0 Å². The van der Waals surface area contributed by atoms with E-state index in [0.717, 1.165) is 55.9 Å². The van der Waals surface area contributed by atoms with E-state index in [0.29, 0.717) is 0 Å². The number of likely N-dealkylation sites (tertiary alicyclic amines) is 1. The van der Waals surface area contributed by atoms with Gasteiger partial charge in [0.1, 0.15) is 5.75 Å². The maximum atomic E-state index is 5.44. The minimum absolute atomic E-state index is 0.268. The van der Waals surface area contributed by atoms with Gasteiger partial charge in [-0.25, -0.2) is 4.98 Å². The Labute approximate surface area is 178 Å². The second kappa shape index (κ2) is 11.2. The van der Waals surface area contributed by atoms with E-state index >= 15 is 0 Å². The summed E-state index contributed by atoms with van der Waals surface area (Å²) in [5, 5.41) is 8.00. The third kappa shape index (κ3) is 6.44. The first kappa shape index (κ1) is 21.6. The molecular formula is C22H33N5OS. The average Bonchev–Trinajstić information content (AvgIpc) is 3.40. The van der Waals surface area contributed by atoms with E-state index in [4.69, 9.17) is 9.73 Å². The minimum Gasteiger partial charge on any atom is -0.497 e. The number of guanidine groups is 1. The zero-order chi connectivity index (χ0) is 20.5. The van der Waals surface area contributed by atoms with E-state index in [2.05, 4.69) is 52.6 Å². The first-order chi connectivity index (χ1) is 14.2. The van der Waals surface area contributed by atoms with E-state index in [1.165, 1.54) is 23.3 Å². The van der Waals surface area contributed by atoms with Crippen LogP contribution in [0.25, 0.3) is 0 Å². The summed E-state index contributed by atoms with van der Waals surface area (Å²) in [4.78, 5) is 13.2. The van der Waals surface area contributed by atoms with Crippen LogP contribution in [0.15, 0.2) is 35.5 Å². The van der Waals surface area contributed by atoms with Crippen LogP contribution in [-0.4, -0.2) is 55.7 Å². The molecule has 0 spiro atoms. The molecule has 1 fully saturated rings. The molecule has 0 radical (unpaired) electrons. The Morgan fingerprint density at radius 3 is 2.83 bits per heavy atom. The highest BCUT2D eigenvalue weighted by atomic mass is 32.1. The lowest BCUT2D eigenvalue weighted by atomic mass is 10.1. The van der Waals surface area contributed by atoms with Crippen LogP contribution in [0.2, 0.25) is 0 Å². The van der Waals surface area contributed by atoms with Gasteiger partial charge in [-0.3, -0.25) is 9.89 Å². The van der Waals surface area contributed by atoms with Gasteiger partial charge in [0.15, 0.2) is 5.96 Å². The van der Waals surface area contributed by atoms with Crippen molar-refractivity contribution < 1.29 is 4.74 Å². The van der Waals surface area contributed by atoms with Gasteiger partial charge in [0.05, 0.1) is 24.7 Å². The molecular weight excluding hydrogens is 382 g/mol. The predicted molar refractivity (Wildman–Crippen MR) is 121 cm³/mol. The van der Waals surface area contributed by atoms with Crippen LogP contribution in [0.4, 0.5) is 0 Å². The zero-order valence-corrected chi connectivity index (χ0v) is 18.6. The molecule has 0 aliphatic carbocycles. The molecule has 29 heavy (non-hydrogen) atoms. The van der Waals surface area contributed by atoms with Crippen LogP contribution in [-0.2, 0) is 6.42 Å². The Balaban J connectivity index is 1.66. The highest BCUT2D eigenvalue weighted by molar-refractivity contribution is 7.11. The van der Waals surface area contributed by atoms with Crippen molar-refractivity contribution in [3.63, 3.8) is 0 Å². The van der Waals surface area contributed by atoms with E-state index in [9.17, 15) is 0 Å². The van der Waals surface area contributed by atoms with Gasteiger partial charge in [-0.1, -0.05) is 12.1 Å². The van der Waals surface area contributed by atoms with Crippen LogP contribution >= 0.6 is 11.3 Å². The average molecular weight is 416 g/mol. The zero-order valence-electron chi connectivity index (χ0n) is 17.8. The van der Waals surface area contributed by atoms with E-state index < -0.39 is 0 Å². The molecule has 1 aliphatic rings. The van der Waals surface area contributed by atoms with Gasteiger partial charge in [-0.05, 0) is 57.5 Å². The fourth-order valence-corrected chi connectivity index (χ4v) is 4.44. The Kier molecular flexibility index (Phi) is 8.31. The lowest BCUT2D eigenvalue weighted by molar-refractivity contribution is 0.251. The van der Waals surface area contributed by atoms with Crippen LogP contribution < -0.4 is 15.4 Å². The number of nitrogens with one attached hydrogen (secondary N) is 2. The highest BCUT2D eigenvalue weighted by Crippen LogP contribution is 2.27. The van der Waals surface area contributed by atoms with Gasteiger partial charge in [-0.2, -0.15) is 0 Å². The number of methoxy groups -OCH3 is 1. The molecule has 1 unspecified atom stereocenters. The summed E-state index contributed by atoms with van der Waals surface area (Å²) >= 11 is 1.76. The van der Waals surface area contributed by atoms with Gasteiger partial charge in [0, 0.05) is 30.6 Å². The molecule has 1 saturated heterocycles. The standard InChI is InChI=1S/C22H33N5OS/c1-4-23-22(24-11-10-21-25-15-17(2)29-21)26-16-20(27-12-5-6-13-27)18-8-7-9-19(14-18)28-3/h7-9,14-15,20H,4-6,10-13,16H2,1-3H3,(H2,23,24,26). The number of hydrogen-bond acceptors (Lipinski definition) is 5. The summed E-state index contributed by atoms with van der Waals surface area (Å²) in [5.74, 6) is 1.77. The monoisotopic (exact) mass is 415 g/mol. The Bertz CT molecular complexity index is 785. The van der Waals surface area contributed by atoms with E-state index in [1.54, 1.807) is 18.4 Å². The Morgan fingerprint density at radius 1 is 1.31 bits per heavy atom. The number of aromatic nitrogens is 1. The number of hydrogen-bond donors (Lipinski definition) is 2. The smallest absolute Gasteiger partial charge is 0.191 e. The van der Waals surface area contributed by atoms with Crippen LogP contribution in [0, 0.1) is 6.92 Å². The van der Waals surface area contributed by atoms with Gasteiger partial charge < -0.3 is 15.4 Å². The van der Waals surface area contributed by atoms with Crippen molar-refractivity contribution >= 4 is 17.3 Å². The molecule has 2 N–H and O–H groups in total. The lowest BCUT2D eigenvalue weighted by Crippen LogP contribution is -2.39. The molecule has 1 aromatic carbocycles. The van der Waals surface area contributed by atoms with Gasteiger partial charge in [-0.15, -0.1) is 11.3 Å².